The van der Waals surface area contributed by atoms with Gasteiger partial charge >= 0.3 is 5.97 Å². The summed E-state index contributed by atoms with van der Waals surface area (Å²) in [7, 11) is 0. The van der Waals surface area contributed by atoms with Gasteiger partial charge in [0.15, 0.2) is 0 Å². The van der Waals surface area contributed by atoms with Crippen molar-refractivity contribution in [3.05, 3.63) is 29.3 Å². The normalized spacial score (nSPS) is 14.3. The van der Waals surface area contributed by atoms with Crippen LogP contribution >= 0.6 is 0 Å². The highest BCUT2D eigenvalue weighted by Crippen LogP contribution is 2.21. The lowest BCUT2D eigenvalue weighted by Crippen LogP contribution is -2.41. The SMILES string of the molecule is CCOC(=O)CN1CCc2ccc(N)cc2C1=O. The minimum absolute atomic E-state index is 0.000905. The maximum Gasteiger partial charge on any atom is 0.325 e. The maximum absolute atomic E-state index is 12.2. The Hall–Kier alpha value is -2.04. The Balaban J connectivity index is 2.15. The molecule has 5 nitrogen and oxygen atoms in total. The van der Waals surface area contributed by atoms with E-state index in [1.165, 1.54) is 4.90 Å². The van der Waals surface area contributed by atoms with E-state index in [9.17, 15) is 9.59 Å². The minimum atomic E-state index is -0.377. The van der Waals surface area contributed by atoms with Crippen LogP contribution in [-0.2, 0) is 16.0 Å². The number of ether oxygens (including phenoxy) is 1. The molecule has 1 aromatic rings. The summed E-state index contributed by atoms with van der Waals surface area (Å²) in [5.41, 5.74) is 7.80. The molecule has 0 saturated carbocycles. The Morgan fingerprint density at radius 2 is 2.28 bits per heavy atom. The lowest BCUT2D eigenvalue weighted by atomic mass is 9.98. The smallest absolute Gasteiger partial charge is 0.325 e. The fraction of sp³-hybridized carbons (Fsp3) is 0.385. The van der Waals surface area contributed by atoms with Gasteiger partial charge in [-0.15, -0.1) is 0 Å². The number of anilines is 1. The van der Waals surface area contributed by atoms with E-state index in [-0.39, 0.29) is 18.4 Å². The van der Waals surface area contributed by atoms with Crippen LogP contribution < -0.4 is 5.73 Å². The van der Waals surface area contributed by atoms with Gasteiger partial charge in [-0.05, 0) is 31.0 Å². The van der Waals surface area contributed by atoms with Gasteiger partial charge in [0, 0.05) is 17.8 Å². The number of benzene rings is 1. The summed E-state index contributed by atoms with van der Waals surface area (Å²) in [6, 6.07) is 5.31. The van der Waals surface area contributed by atoms with Crippen molar-refractivity contribution in [2.75, 3.05) is 25.4 Å². The Labute approximate surface area is 106 Å². The van der Waals surface area contributed by atoms with Crippen LogP contribution in [0.5, 0.6) is 0 Å². The lowest BCUT2D eigenvalue weighted by molar-refractivity contribution is -0.143. The molecule has 5 heteroatoms. The average Bonchev–Trinajstić information content (AvgIpc) is 2.34. The zero-order chi connectivity index (χ0) is 13.1. The second kappa shape index (κ2) is 5.08. The number of esters is 1. The number of nitrogen functional groups attached to an aromatic ring is 1. The van der Waals surface area contributed by atoms with E-state index < -0.39 is 0 Å². The van der Waals surface area contributed by atoms with Crippen LogP contribution in [-0.4, -0.2) is 36.5 Å². The van der Waals surface area contributed by atoms with Crippen molar-refractivity contribution in [3.8, 4) is 0 Å². The van der Waals surface area contributed by atoms with E-state index in [2.05, 4.69) is 0 Å². The molecule has 0 spiro atoms. The van der Waals surface area contributed by atoms with Gasteiger partial charge in [-0.25, -0.2) is 0 Å². The van der Waals surface area contributed by atoms with Crippen LogP contribution in [0.2, 0.25) is 0 Å². The number of rotatable bonds is 3. The van der Waals surface area contributed by atoms with E-state index in [1.807, 2.05) is 6.07 Å². The summed E-state index contributed by atoms with van der Waals surface area (Å²) >= 11 is 0. The number of nitrogens with two attached hydrogens (primary N) is 1. The van der Waals surface area contributed by atoms with Crippen LogP contribution in [0.25, 0.3) is 0 Å². The van der Waals surface area contributed by atoms with Crippen LogP contribution in [0.1, 0.15) is 22.8 Å². The molecule has 0 bridgehead atoms. The third-order valence-corrected chi connectivity index (χ3v) is 2.93. The van der Waals surface area contributed by atoms with Crippen LogP contribution in [0.3, 0.4) is 0 Å². The van der Waals surface area contributed by atoms with Gasteiger partial charge in [0.1, 0.15) is 6.54 Å². The number of nitrogens with zero attached hydrogens (tertiary/aromatic N) is 1. The number of hydrogen-bond acceptors (Lipinski definition) is 4. The summed E-state index contributed by atoms with van der Waals surface area (Å²) in [5.74, 6) is -0.533. The number of hydrogen-bond donors (Lipinski definition) is 1. The zero-order valence-corrected chi connectivity index (χ0v) is 10.3. The molecular formula is C13H16N2O3. The van der Waals surface area contributed by atoms with Crippen LogP contribution in [0.15, 0.2) is 18.2 Å². The molecule has 1 amide bonds. The topological polar surface area (TPSA) is 72.6 Å². The molecule has 0 fully saturated rings. The molecule has 0 atom stereocenters. The van der Waals surface area contributed by atoms with E-state index in [0.717, 1.165) is 12.0 Å². The van der Waals surface area contributed by atoms with Gasteiger partial charge in [0.25, 0.3) is 5.91 Å². The Kier molecular flexibility index (Phi) is 3.50. The Bertz CT molecular complexity index is 485. The predicted molar refractivity (Wildman–Crippen MR) is 67.1 cm³/mol. The van der Waals surface area contributed by atoms with Gasteiger partial charge < -0.3 is 15.4 Å². The highest BCUT2D eigenvalue weighted by Gasteiger charge is 2.26. The van der Waals surface area contributed by atoms with Crippen LogP contribution in [0.4, 0.5) is 5.69 Å². The summed E-state index contributed by atoms with van der Waals surface area (Å²) in [5, 5.41) is 0. The molecule has 0 aromatic heterocycles. The maximum atomic E-state index is 12.2. The second-order valence-corrected chi connectivity index (χ2v) is 4.20. The van der Waals surface area contributed by atoms with E-state index in [0.29, 0.717) is 24.4 Å². The summed E-state index contributed by atoms with van der Waals surface area (Å²) in [4.78, 5) is 25.1. The molecule has 96 valence electrons. The molecule has 1 aliphatic heterocycles. The van der Waals surface area contributed by atoms with Gasteiger partial charge in [0.2, 0.25) is 0 Å². The molecule has 0 radical (unpaired) electrons. The van der Waals surface area contributed by atoms with Crippen LogP contribution in [0, 0.1) is 0 Å². The van der Waals surface area contributed by atoms with Crippen molar-refractivity contribution < 1.29 is 14.3 Å². The summed E-state index contributed by atoms with van der Waals surface area (Å²) in [6.07, 6.45) is 0.737. The quantitative estimate of drug-likeness (QED) is 0.635. The van der Waals surface area contributed by atoms with E-state index in [1.54, 1.807) is 19.1 Å². The number of fused-ring (bicyclic) bond motifs is 1. The van der Waals surface area contributed by atoms with Gasteiger partial charge in [0.05, 0.1) is 6.61 Å². The first-order valence-electron chi connectivity index (χ1n) is 5.95. The monoisotopic (exact) mass is 248 g/mol. The first kappa shape index (κ1) is 12.4. The number of carbonyl (C=O) groups excluding carboxylic acids is 2. The van der Waals surface area contributed by atoms with Crippen molar-refractivity contribution in [2.24, 2.45) is 0 Å². The second-order valence-electron chi connectivity index (χ2n) is 4.20. The fourth-order valence-electron chi connectivity index (χ4n) is 2.05. The predicted octanol–water partition coefficient (Wildman–Crippen LogP) is 0.830. The molecule has 2 N–H and O–H groups in total. The molecule has 2 rings (SSSR count). The Morgan fingerprint density at radius 3 is 3.00 bits per heavy atom. The molecule has 0 unspecified atom stereocenters. The molecular weight excluding hydrogens is 232 g/mol. The van der Waals surface area contributed by atoms with E-state index >= 15 is 0 Å². The molecule has 1 heterocycles. The molecule has 0 saturated heterocycles. The molecule has 1 aromatic carbocycles. The first-order chi connectivity index (χ1) is 8.61. The average molecular weight is 248 g/mol. The summed E-state index contributed by atoms with van der Waals surface area (Å²) < 4.78 is 4.85. The fourth-order valence-corrected chi connectivity index (χ4v) is 2.05. The Morgan fingerprint density at radius 1 is 1.50 bits per heavy atom. The van der Waals surface area contributed by atoms with Gasteiger partial charge in [-0.1, -0.05) is 6.07 Å². The molecule has 18 heavy (non-hydrogen) atoms. The van der Waals surface area contributed by atoms with Crippen molar-refractivity contribution >= 4 is 17.6 Å². The van der Waals surface area contributed by atoms with Crippen molar-refractivity contribution in [1.82, 2.24) is 4.90 Å². The first-order valence-corrected chi connectivity index (χ1v) is 5.95. The van der Waals surface area contributed by atoms with Gasteiger partial charge in [-0.3, -0.25) is 9.59 Å². The highest BCUT2D eigenvalue weighted by molar-refractivity contribution is 5.99. The summed E-state index contributed by atoms with van der Waals surface area (Å²) in [6.45, 7) is 2.60. The zero-order valence-electron chi connectivity index (χ0n) is 10.3. The lowest BCUT2D eigenvalue weighted by Gasteiger charge is -2.27. The minimum Gasteiger partial charge on any atom is -0.465 e. The number of amides is 1. The standard InChI is InChI=1S/C13H16N2O3/c1-2-18-12(16)8-15-6-5-9-3-4-10(14)7-11(9)13(15)17/h3-4,7H,2,5-6,8,14H2,1H3. The third kappa shape index (κ3) is 2.45. The largest absolute Gasteiger partial charge is 0.465 e. The third-order valence-electron chi connectivity index (χ3n) is 2.93. The van der Waals surface area contributed by atoms with Crippen molar-refractivity contribution in [3.63, 3.8) is 0 Å². The van der Waals surface area contributed by atoms with E-state index in [4.69, 9.17) is 10.5 Å². The molecule has 0 aliphatic carbocycles. The molecule has 1 aliphatic rings. The number of carbonyl (C=O) groups is 2. The van der Waals surface area contributed by atoms with Gasteiger partial charge in [-0.2, -0.15) is 0 Å². The van der Waals surface area contributed by atoms with Crippen molar-refractivity contribution in [1.29, 1.82) is 0 Å². The highest BCUT2D eigenvalue weighted by atomic mass is 16.5. The van der Waals surface area contributed by atoms with Crippen molar-refractivity contribution in [2.45, 2.75) is 13.3 Å².